The van der Waals surface area contributed by atoms with E-state index in [1.165, 1.54) is 12.1 Å². The van der Waals surface area contributed by atoms with Crippen molar-refractivity contribution < 1.29 is 18.3 Å². The maximum atomic E-state index is 12.0. The zero-order valence-electron chi connectivity index (χ0n) is 11.9. The van der Waals surface area contributed by atoms with Gasteiger partial charge in [0.25, 0.3) is 0 Å². The fourth-order valence-corrected chi connectivity index (χ4v) is 3.60. The Morgan fingerprint density at radius 2 is 2.05 bits per heavy atom. The molecule has 1 aromatic rings. The fraction of sp³-hybridized carbons (Fsp3) is 0.500. The Bertz CT molecular complexity index is 598. The van der Waals surface area contributed by atoms with Crippen LogP contribution in [0.4, 0.5) is 5.69 Å². The quantitative estimate of drug-likeness (QED) is 0.830. The molecule has 6 nitrogen and oxygen atoms in total. The molecule has 0 radical (unpaired) electrons. The third kappa shape index (κ3) is 3.54. The van der Waals surface area contributed by atoms with Gasteiger partial charge in [-0.15, -0.1) is 0 Å². The average molecular weight is 312 g/mol. The zero-order chi connectivity index (χ0) is 15.5. The van der Waals surface area contributed by atoms with Crippen molar-refractivity contribution >= 4 is 21.7 Å². The van der Waals surface area contributed by atoms with Crippen LogP contribution in [0.5, 0.6) is 0 Å². The summed E-state index contributed by atoms with van der Waals surface area (Å²) < 4.78 is 26.5. The molecule has 116 valence electrons. The summed E-state index contributed by atoms with van der Waals surface area (Å²) in [5, 5.41) is 9.18. The molecule has 1 aromatic carbocycles. The smallest absolute Gasteiger partial charge is 0.326 e. The monoisotopic (exact) mass is 312 g/mol. The predicted molar refractivity (Wildman–Crippen MR) is 79.9 cm³/mol. The van der Waals surface area contributed by atoms with Gasteiger partial charge in [0, 0.05) is 18.8 Å². The topological polar surface area (TPSA) is 86.7 Å². The number of sulfonamides is 1. The van der Waals surface area contributed by atoms with Crippen molar-refractivity contribution in [3.63, 3.8) is 0 Å². The molecule has 1 aliphatic rings. The lowest BCUT2D eigenvalue weighted by Crippen LogP contribution is -2.35. The minimum absolute atomic E-state index is 0.200. The summed E-state index contributed by atoms with van der Waals surface area (Å²) in [7, 11) is -3.48. The molecule has 0 aromatic heterocycles. The molecule has 1 saturated heterocycles. The van der Waals surface area contributed by atoms with Crippen LogP contribution < -0.4 is 9.62 Å². The summed E-state index contributed by atoms with van der Waals surface area (Å²) in [4.78, 5) is 13.2. The summed E-state index contributed by atoms with van der Waals surface area (Å²) in [6.45, 7) is 2.97. The molecule has 1 heterocycles. The van der Waals surface area contributed by atoms with Gasteiger partial charge in [-0.2, -0.15) is 0 Å². The first-order chi connectivity index (χ1) is 9.95. The third-order valence-electron chi connectivity index (χ3n) is 3.56. The lowest BCUT2D eigenvalue weighted by atomic mass is 10.2. The average Bonchev–Trinajstić information content (AvgIpc) is 2.95. The molecule has 2 N–H and O–H groups in total. The van der Waals surface area contributed by atoms with E-state index in [0.29, 0.717) is 19.5 Å². The minimum Gasteiger partial charge on any atom is -0.480 e. The van der Waals surface area contributed by atoms with Gasteiger partial charge in [0.15, 0.2) is 0 Å². The van der Waals surface area contributed by atoms with Crippen LogP contribution >= 0.6 is 0 Å². The molecular formula is C14H20N2O4S. The van der Waals surface area contributed by atoms with E-state index in [4.69, 9.17) is 0 Å². The van der Waals surface area contributed by atoms with Crippen LogP contribution in [0.1, 0.15) is 26.2 Å². The minimum atomic E-state index is -3.48. The molecule has 0 amide bonds. The fourth-order valence-electron chi connectivity index (χ4n) is 2.47. The highest BCUT2D eigenvalue weighted by Crippen LogP contribution is 2.26. The third-order valence-corrected chi connectivity index (χ3v) is 5.04. The Morgan fingerprint density at radius 3 is 2.62 bits per heavy atom. The maximum Gasteiger partial charge on any atom is 0.326 e. The Labute approximate surface area is 124 Å². The number of hydrogen-bond acceptors (Lipinski definition) is 4. The number of hydrogen-bond donors (Lipinski definition) is 2. The predicted octanol–water partition coefficient (Wildman–Crippen LogP) is 1.43. The van der Waals surface area contributed by atoms with Crippen LogP contribution in [-0.4, -0.2) is 38.6 Å². The normalized spacial score (nSPS) is 18.9. The van der Waals surface area contributed by atoms with E-state index in [2.05, 4.69) is 4.72 Å². The number of carboxylic acid groups (broad SMARTS) is 1. The van der Waals surface area contributed by atoms with Gasteiger partial charge in [0.2, 0.25) is 10.0 Å². The summed E-state index contributed by atoms with van der Waals surface area (Å²) in [5.41, 5.74) is 0.745. The number of aliphatic carboxylic acids is 1. The van der Waals surface area contributed by atoms with Gasteiger partial charge >= 0.3 is 5.97 Å². The van der Waals surface area contributed by atoms with E-state index in [9.17, 15) is 18.3 Å². The summed E-state index contributed by atoms with van der Waals surface area (Å²) >= 11 is 0. The lowest BCUT2D eigenvalue weighted by molar-refractivity contribution is -0.138. The van der Waals surface area contributed by atoms with Crippen LogP contribution in [0.15, 0.2) is 29.2 Å². The van der Waals surface area contributed by atoms with Gasteiger partial charge in [-0.1, -0.05) is 6.92 Å². The largest absolute Gasteiger partial charge is 0.480 e. The van der Waals surface area contributed by atoms with Crippen molar-refractivity contribution in [3.8, 4) is 0 Å². The highest BCUT2D eigenvalue weighted by molar-refractivity contribution is 7.89. The summed E-state index contributed by atoms with van der Waals surface area (Å²) in [6, 6.07) is 5.85. The zero-order valence-corrected chi connectivity index (χ0v) is 12.8. The van der Waals surface area contributed by atoms with E-state index in [0.717, 1.165) is 18.5 Å². The van der Waals surface area contributed by atoms with Crippen molar-refractivity contribution in [2.24, 2.45) is 0 Å². The standard InChI is InChI=1S/C14H20N2O4S/c1-2-9-15-21(19,20)12-7-5-11(6-8-12)16-10-3-4-13(16)14(17)18/h5-8,13,15H,2-4,9-10H2,1H3,(H,17,18). The van der Waals surface area contributed by atoms with Gasteiger partial charge in [-0.05, 0) is 43.5 Å². The van der Waals surface area contributed by atoms with E-state index >= 15 is 0 Å². The van der Waals surface area contributed by atoms with Crippen LogP contribution in [0, 0.1) is 0 Å². The SMILES string of the molecule is CCCNS(=O)(=O)c1ccc(N2CCCC2C(=O)O)cc1. The number of carbonyl (C=O) groups is 1. The first-order valence-electron chi connectivity index (χ1n) is 7.05. The molecule has 1 fully saturated rings. The number of benzene rings is 1. The van der Waals surface area contributed by atoms with Crippen LogP contribution in [-0.2, 0) is 14.8 Å². The molecule has 0 spiro atoms. The maximum absolute atomic E-state index is 12.0. The highest BCUT2D eigenvalue weighted by Gasteiger charge is 2.30. The van der Waals surface area contributed by atoms with Gasteiger partial charge in [0.05, 0.1) is 4.90 Å². The summed E-state index contributed by atoms with van der Waals surface area (Å²) in [6.07, 6.45) is 2.17. The van der Waals surface area contributed by atoms with E-state index in [-0.39, 0.29) is 4.90 Å². The first kappa shape index (κ1) is 15.8. The molecule has 2 rings (SSSR count). The number of anilines is 1. The van der Waals surface area contributed by atoms with E-state index < -0.39 is 22.0 Å². The Hall–Kier alpha value is -1.60. The lowest BCUT2D eigenvalue weighted by Gasteiger charge is -2.23. The van der Waals surface area contributed by atoms with Crippen molar-refractivity contribution in [3.05, 3.63) is 24.3 Å². The summed E-state index contributed by atoms with van der Waals surface area (Å²) in [5.74, 6) is -0.839. The number of carboxylic acids is 1. The van der Waals surface area contributed by atoms with Gasteiger partial charge in [0.1, 0.15) is 6.04 Å². The van der Waals surface area contributed by atoms with Crippen molar-refractivity contribution in [2.45, 2.75) is 37.1 Å². The Balaban J connectivity index is 2.17. The van der Waals surface area contributed by atoms with Crippen LogP contribution in [0.25, 0.3) is 0 Å². The van der Waals surface area contributed by atoms with E-state index in [1.807, 2.05) is 6.92 Å². The molecule has 21 heavy (non-hydrogen) atoms. The second-order valence-electron chi connectivity index (χ2n) is 5.08. The van der Waals surface area contributed by atoms with Crippen molar-refractivity contribution in [2.75, 3.05) is 18.0 Å². The number of nitrogens with zero attached hydrogens (tertiary/aromatic N) is 1. The van der Waals surface area contributed by atoms with Gasteiger partial charge < -0.3 is 10.0 Å². The number of nitrogens with one attached hydrogen (secondary N) is 1. The van der Waals surface area contributed by atoms with Crippen molar-refractivity contribution in [1.29, 1.82) is 0 Å². The molecular weight excluding hydrogens is 292 g/mol. The Morgan fingerprint density at radius 1 is 1.38 bits per heavy atom. The molecule has 0 bridgehead atoms. The van der Waals surface area contributed by atoms with Crippen LogP contribution in [0.2, 0.25) is 0 Å². The van der Waals surface area contributed by atoms with Gasteiger partial charge in [-0.25, -0.2) is 17.9 Å². The second kappa shape index (κ2) is 6.44. The van der Waals surface area contributed by atoms with Crippen molar-refractivity contribution in [1.82, 2.24) is 4.72 Å². The van der Waals surface area contributed by atoms with Gasteiger partial charge in [-0.3, -0.25) is 0 Å². The second-order valence-corrected chi connectivity index (χ2v) is 6.85. The molecule has 7 heteroatoms. The first-order valence-corrected chi connectivity index (χ1v) is 8.53. The Kier molecular flexibility index (Phi) is 4.84. The molecule has 1 aliphatic heterocycles. The molecule has 0 aliphatic carbocycles. The molecule has 1 unspecified atom stereocenters. The van der Waals surface area contributed by atoms with E-state index in [1.54, 1.807) is 17.0 Å². The molecule has 0 saturated carbocycles. The number of rotatable bonds is 6. The molecule has 1 atom stereocenters. The highest BCUT2D eigenvalue weighted by atomic mass is 32.2. The van der Waals surface area contributed by atoms with Crippen LogP contribution in [0.3, 0.4) is 0 Å².